The molecule has 0 unspecified atom stereocenters. The Balaban J connectivity index is 1.29. The Labute approximate surface area is 237 Å². The highest BCUT2D eigenvalue weighted by Gasteiger charge is 2.38. The van der Waals surface area contributed by atoms with Gasteiger partial charge >= 0.3 is 0 Å². The summed E-state index contributed by atoms with van der Waals surface area (Å²) in [5.74, 6) is 1.50. The summed E-state index contributed by atoms with van der Waals surface area (Å²) < 4.78 is 17.3. The summed E-state index contributed by atoms with van der Waals surface area (Å²) in [4.78, 5) is 17.1. The second-order valence-electron chi connectivity index (χ2n) is 9.79. The number of halogens is 1. The first-order chi connectivity index (χ1) is 18.8. The number of aryl methyl sites for hydroxylation is 2. The highest BCUT2D eigenvalue weighted by molar-refractivity contribution is 8.27. The minimum atomic E-state index is -0.474. The van der Waals surface area contributed by atoms with Gasteiger partial charge in [0.05, 0.1) is 17.7 Å². The van der Waals surface area contributed by atoms with Gasteiger partial charge in [-0.3, -0.25) is 10.2 Å². The van der Waals surface area contributed by atoms with Crippen molar-refractivity contribution in [1.29, 1.82) is 5.41 Å². The van der Waals surface area contributed by atoms with Gasteiger partial charge in [-0.25, -0.2) is 0 Å². The maximum atomic E-state index is 12.9. The van der Waals surface area contributed by atoms with Crippen molar-refractivity contribution in [3.8, 4) is 17.2 Å². The summed E-state index contributed by atoms with van der Waals surface area (Å²) in [6.45, 7) is 4.64. The average molecular weight is 567 g/mol. The number of hydrogen-bond acceptors (Lipinski definition) is 7. The molecule has 10 heteroatoms. The van der Waals surface area contributed by atoms with Crippen molar-refractivity contribution in [3.05, 3.63) is 57.6 Å². The van der Waals surface area contributed by atoms with Crippen molar-refractivity contribution in [3.63, 3.8) is 0 Å². The Morgan fingerprint density at radius 2 is 1.87 bits per heavy atom. The topological polar surface area (TPSA) is 96.6 Å². The van der Waals surface area contributed by atoms with Crippen LogP contribution in [-0.2, 0) is 4.79 Å². The second kappa shape index (κ2) is 11.8. The summed E-state index contributed by atoms with van der Waals surface area (Å²) in [6.07, 6.45) is 7.37. The lowest BCUT2D eigenvalue weighted by atomic mass is 9.90. The van der Waals surface area contributed by atoms with Gasteiger partial charge in [0.25, 0.3) is 5.91 Å². The van der Waals surface area contributed by atoms with Crippen molar-refractivity contribution in [2.45, 2.75) is 46.0 Å². The van der Waals surface area contributed by atoms with Crippen LogP contribution in [0.25, 0.3) is 6.08 Å². The standard InChI is InChI=1S/C29H31ClN4O4S/c1-17-9-10-23(18(2)13-17)37-11-12-38-25-22(30)15-19(16-24(25)36-3)14-21-26(31)34-29(32-27(21)35)39-28(33-34)20-7-5-4-6-8-20/h9-10,13-16,20,31H,4-8,11-12H2,1-3H3/b21-14-,31-26?. The second-order valence-corrected chi connectivity index (χ2v) is 11.2. The zero-order valence-electron chi connectivity index (χ0n) is 22.3. The van der Waals surface area contributed by atoms with Gasteiger partial charge in [-0.15, -0.1) is 0 Å². The number of thioether (sulfide) groups is 1. The number of methoxy groups -OCH3 is 1. The van der Waals surface area contributed by atoms with E-state index in [1.807, 2.05) is 26.0 Å². The van der Waals surface area contributed by atoms with E-state index >= 15 is 0 Å². The van der Waals surface area contributed by atoms with E-state index < -0.39 is 5.91 Å². The number of benzene rings is 2. The van der Waals surface area contributed by atoms with E-state index in [1.165, 1.54) is 48.7 Å². The van der Waals surface area contributed by atoms with Crippen molar-refractivity contribution in [2.24, 2.45) is 16.0 Å². The van der Waals surface area contributed by atoms with Crippen molar-refractivity contribution in [1.82, 2.24) is 5.01 Å². The molecule has 1 saturated carbocycles. The molecule has 0 bridgehead atoms. The molecular formula is C29H31ClN4O4S. The predicted molar refractivity (Wildman–Crippen MR) is 156 cm³/mol. The number of carbonyl (C=O) groups excluding carboxylic acids is 1. The first kappa shape index (κ1) is 27.3. The number of rotatable bonds is 8. The molecule has 2 aromatic carbocycles. The van der Waals surface area contributed by atoms with Gasteiger partial charge in [-0.05, 0) is 73.9 Å². The number of carbonyl (C=O) groups is 1. The first-order valence-electron chi connectivity index (χ1n) is 13.0. The molecule has 0 aromatic heterocycles. The lowest BCUT2D eigenvalue weighted by Crippen LogP contribution is -2.35. The zero-order valence-corrected chi connectivity index (χ0v) is 23.8. The van der Waals surface area contributed by atoms with Crippen LogP contribution < -0.4 is 14.2 Å². The van der Waals surface area contributed by atoms with Crippen LogP contribution in [0.3, 0.4) is 0 Å². The van der Waals surface area contributed by atoms with Crippen molar-refractivity contribution < 1.29 is 19.0 Å². The Morgan fingerprint density at radius 3 is 2.62 bits per heavy atom. The number of hydrazone groups is 1. The minimum Gasteiger partial charge on any atom is -0.493 e. The fraction of sp³-hybridized carbons (Fsp3) is 0.379. The third-order valence-electron chi connectivity index (χ3n) is 6.91. The van der Waals surface area contributed by atoms with Crippen LogP contribution in [0.15, 0.2) is 46.0 Å². The molecule has 8 nitrogen and oxygen atoms in total. The number of aliphatic imine (C=N–C) groups is 1. The Bertz CT molecular complexity index is 1400. The molecule has 0 spiro atoms. The Morgan fingerprint density at radius 1 is 1.10 bits per heavy atom. The summed E-state index contributed by atoms with van der Waals surface area (Å²) in [5, 5.41) is 16.5. The summed E-state index contributed by atoms with van der Waals surface area (Å²) in [6, 6.07) is 9.41. The summed E-state index contributed by atoms with van der Waals surface area (Å²) in [7, 11) is 1.52. The van der Waals surface area contributed by atoms with Crippen molar-refractivity contribution >= 4 is 51.4 Å². The van der Waals surface area contributed by atoms with E-state index in [4.69, 9.17) is 31.2 Å². The molecule has 1 fully saturated rings. The molecule has 2 aliphatic heterocycles. The van der Waals surface area contributed by atoms with Gasteiger partial charge in [0.15, 0.2) is 17.3 Å². The maximum absolute atomic E-state index is 12.9. The molecule has 2 aromatic rings. The smallest absolute Gasteiger partial charge is 0.283 e. The zero-order chi connectivity index (χ0) is 27.5. The largest absolute Gasteiger partial charge is 0.493 e. The number of nitrogens with zero attached hydrogens (tertiary/aromatic N) is 3. The lowest BCUT2D eigenvalue weighted by Gasteiger charge is -2.20. The third-order valence-corrected chi connectivity index (χ3v) is 8.26. The van der Waals surface area contributed by atoms with Gasteiger partial charge in [-0.1, -0.05) is 48.6 Å². The van der Waals surface area contributed by atoms with Crippen LogP contribution in [0.5, 0.6) is 17.2 Å². The van der Waals surface area contributed by atoms with Crippen LogP contribution in [0.1, 0.15) is 48.8 Å². The number of nitrogens with one attached hydrogen (secondary N) is 1. The molecular weight excluding hydrogens is 536 g/mol. The molecule has 0 saturated heterocycles. The number of amidine groups is 2. The number of fused-ring (bicyclic) bond motifs is 1. The molecule has 5 rings (SSSR count). The van der Waals surface area contributed by atoms with E-state index in [9.17, 15) is 4.79 Å². The molecule has 2 heterocycles. The molecule has 1 aliphatic carbocycles. The highest BCUT2D eigenvalue weighted by atomic mass is 35.5. The predicted octanol–water partition coefficient (Wildman–Crippen LogP) is 6.62. The van der Waals surface area contributed by atoms with E-state index in [-0.39, 0.29) is 18.0 Å². The number of amides is 1. The molecule has 0 atom stereocenters. The highest BCUT2D eigenvalue weighted by Crippen LogP contribution is 2.39. The molecule has 1 amide bonds. The number of ether oxygens (including phenoxy) is 3. The van der Waals surface area contributed by atoms with Crippen LogP contribution >= 0.6 is 23.4 Å². The SMILES string of the molecule is COc1cc(/C=C2/C(=N)N3N=C(C4CCCCC4)SC3=NC2=O)cc(Cl)c1OCCOc1ccc(C)cc1C. The third kappa shape index (κ3) is 5.99. The van der Waals surface area contributed by atoms with Crippen LogP contribution in [-0.4, -0.2) is 47.3 Å². The normalized spacial score (nSPS) is 18.7. The molecule has 204 valence electrons. The Hall–Kier alpha value is -3.30. The van der Waals surface area contributed by atoms with E-state index in [2.05, 4.69) is 16.2 Å². The average Bonchev–Trinajstić information content (AvgIpc) is 3.35. The molecule has 1 N–H and O–H groups in total. The first-order valence-corrected chi connectivity index (χ1v) is 14.2. The summed E-state index contributed by atoms with van der Waals surface area (Å²) >= 11 is 7.97. The van der Waals surface area contributed by atoms with Gasteiger partial charge in [0.2, 0.25) is 5.17 Å². The fourth-order valence-electron chi connectivity index (χ4n) is 4.91. The van der Waals surface area contributed by atoms with Crippen LogP contribution in [0.4, 0.5) is 0 Å². The lowest BCUT2D eigenvalue weighted by molar-refractivity contribution is -0.114. The summed E-state index contributed by atoms with van der Waals surface area (Å²) in [5.41, 5.74) is 2.97. The van der Waals surface area contributed by atoms with E-state index in [1.54, 1.807) is 18.2 Å². The molecule has 39 heavy (non-hydrogen) atoms. The van der Waals surface area contributed by atoms with E-state index in [0.717, 1.165) is 29.2 Å². The van der Waals surface area contributed by atoms with Crippen LogP contribution in [0.2, 0.25) is 5.02 Å². The quantitative estimate of drug-likeness (QED) is 0.285. The van der Waals surface area contributed by atoms with Gasteiger partial charge in [-0.2, -0.15) is 15.1 Å². The molecule has 3 aliphatic rings. The molecule has 0 radical (unpaired) electrons. The monoisotopic (exact) mass is 566 g/mol. The van der Waals surface area contributed by atoms with Gasteiger partial charge in [0, 0.05) is 5.92 Å². The number of hydrogen-bond donors (Lipinski definition) is 1. The van der Waals surface area contributed by atoms with Crippen LogP contribution in [0, 0.1) is 25.2 Å². The fourth-order valence-corrected chi connectivity index (χ4v) is 6.24. The van der Waals surface area contributed by atoms with E-state index in [0.29, 0.717) is 39.8 Å². The minimum absolute atomic E-state index is 0.00210. The van der Waals surface area contributed by atoms with Crippen molar-refractivity contribution in [2.75, 3.05) is 20.3 Å². The maximum Gasteiger partial charge on any atom is 0.283 e. The Kier molecular flexibility index (Phi) is 8.28. The van der Waals surface area contributed by atoms with Gasteiger partial charge in [0.1, 0.15) is 24.0 Å². The van der Waals surface area contributed by atoms with Gasteiger partial charge < -0.3 is 14.2 Å².